The Balaban J connectivity index is 1.55. The third-order valence-corrected chi connectivity index (χ3v) is 4.20. The molecule has 0 saturated carbocycles. The largest absolute Gasteiger partial charge is 0.370 e. The summed E-state index contributed by atoms with van der Waals surface area (Å²) < 4.78 is 19.8. The number of urea groups is 1. The summed E-state index contributed by atoms with van der Waals surface area (Å²) in [6, 6.07) is 11.1. The number of piperidine rings is 1. The van der Waals surface area contributed by atoms with Crippen LogP contribution < -0.4 is 5.32 Å². The third kappa shape index (κ3) is 4.55. The molecule has 0 unspecified atom stereocenters. The van der Waals surface area contributed by atoms with Crippen molar-refractivity contribution < 1.29 is 13.9 Å². The van der Waals surface area contributed by atoms with E-state index >= 15 is 0 Å². The molecule has 0 bridgehead atoms. The number of nitrogens with zero attached hydrogens (tertiary/aromatic N) is 3. The highest BCUT2D eigenvalue weighted by atomic mass is 19.1. The molecule has 134 valence electrons. The zero-order valence-corrected chi connectivity index (χ0v) is 14.2. The number of nitrogens with one attached hydrogen (secondary N) is 1. The van der Waals surface area contributed by atoms with E-state index in [9.17, 15) is 9.18 Å². The van der Waals surface area contributed by atoms with Crippen LogP contribution >= 0.6 is 0 Å². The fourth-order valence-electron chi connectivity index (χ4n) is 2.83. The molecule has 2 heterocycles. The number of carbonyl (C=O) groups is 1. The molecule has 2 amide bonds. The molecule has 1 aliphatic heterocycles. The van der Waals surface area contributed by atoms with Crippen molar-refractivity contribution in [3.8, 4) is 6.07 Å². The van der Waals surface area contributed by atoms with Crippen LogP contribution in [-0.2, 0) is 11.3 Å². The van der Waals surface area contributed by atoms with Crippen molar-refractivity contribution in [1.29, 1.82) is 5.26 Å². The molecule has 1 aromatic carbocycles. The molecule has 1 aromatic heterocycles. The molecule has 2 aromatic rings. The van der Waals surface area contributed by atoms with Crippen molar-refractivity contribution in [3.63, 3.8) is 0 Å². The van der Waals surface area contributed by atoms with Crippen LogP contribution in [0.2, 0.25) is 0 Å². The van der Waals surface area contributed by atoms with Crippen LogP contribution in [0.15, 0.2) is 42.6 Å². The first-order valence-corrected chi connectivity index (χ1v) is 8.43. The quantitative estimate of drug-likeness (QED) is 0.914. The molecule has 7 heteroatoms. The number of pyridine rings is 1. The van der Waals surface area contributed by atoms with Crippen molar-refractivity contribution in [2.45, 2.75) is 25.6 Å². The second kappa shape index (κ2) is 8.41. The first-order valence-electron chi connectivity index (χ1n) is 8.43. The van der Waals surface area contributed by atoms with Gasteiger partial charge in [-0.2, -0.15) is 5.26 Å². The van der Waals surface area contributed by atoms with E-state index in [1.165, 1.54) is 12.1 Å². The monoisotopic (exact) mass is 354 g/mol. The number of nitriles is 1. The van der Waals surface area contributed by atoms with Gasteiger partial charge in [0.15, 0.2) is 0 Å². The van der Waals surface area contributed by atoms with Gasteiger partial charge in [0.25, 0.3) is 0 Å². The Bertz CT molecular complexity index is 807. The van der Waals surface area contributed by atoms with Gasteiger partial charge in [0.2, 0.25) is 0 Å². The Morgan fingerprint density at radius 2 is 2.31 bits per heavy atom. The second-order valence-corrected chi connectivity index (χ2v) is 6.08. The summed E-state index contributed by atoms with van der Waals surface area (Å²) in [5.41, 5.74) is 1.11. The summed E-state index contributed by atoms with van der Waals surface area (Å²) in [5, 5.41) is 11.3. The van der Waals surface area contributed by atoms with Crippen LogP contribution in [0.4, 0.5) is 14.9 Å². The molecule has 6 nitrogen and oxygen atoms in total. The molecule has 0 aliphatic carbocycles. The van der Waals surface area contributed by atoms with Crippen LogP contribution in [0.1, 0.15) is 24.1 Å². The standard InChI is InChI=1S/C19H19FN4O2/c20-17-10-14(11-21)6-7-18(17)23-19(25)24-9-3-5-16(12-24)26-13-15-4-1-2-8-22-15/h1-2,4,6-8,10,16H,3,5,9,12-13H2,(H,23,25)/t16-/m0/s1. The highest BCUT2D eigenvalue weighted by molar-refractivity contribution is 5.89. The number of benzene rings is 1. The number of aromatic nitrogens is 1. The fraction of sp³-hybridized carbons (Fsp3) is 0.316. The number of carbonyl (C=O) groups excluding carboxylic acids is 1. The number of rotatable bonds is 4. The van der Waals surface area contributed by atoms with Crippen molar-refractivity contribution in [2.75, 3.05) is 18.4 Å². The minimum Gasteiger partial charge on any atom is -0.370 e. The Hall–Kier alpha value is -2.98. The van der Waals surface area contributed by atoms with Crippen molar-refractivity contribution in [2.24, 2.45) is 0 Å². The average Bonchev–Trinajstić information content (AvgIpc) is 2.69. The number of amides is 2. The van der Waals surface area contributed by atoms with E-state index in [2.05, 4.69) is 10.3 Å². The number of anilines is 1. The van der Waals surface area contributed by atoms with Crippen LogP contribution in [0, 0.1) is 17.1 Å². The Morgan fingerprint density at radius 3 is 3.04 bits per heavy atom. The van der Waals surface area contributed by atoms with Crippen LogP contribution in [0.25, 0.3) is 0 Å². The zero-order valence-electron chi connectivity index (χ0n) is 14.2. The molecular weight excluding hydrogens is 335 g/mol. The van der Waals surface area contributed by atoms with Crippen LogP contribution in [-0.4, -0.2) is 35.1 Å². The average molecular weight is 354 g/mol. The van der Waals surface area contributed by atoms with Gasteiger partial charge in [-0.1, -0.05) is 6.07 Å². The first-order chi connectivity index (χ1) is 12.7. The normalized spacial score (nSPS) is 16.8. The predicted octanol–water partition coefficient (Wildman–Crippen LogP) is 3.31. The van der Waals surface area contributed by atoms with E-state index in [1.54, 1.807) is 11.1 Å². The maximum absolute atomic E-state index is 13.9. The number of hydrogen-bond acceptors (Lipinski definition) is 4. The van der Waals surface area contributed by atoms with Gasteiger partial charge in [0, 0.05) is 19.3 Å². The van der Waals surface area contributed by atoms with E-state index < -0.39 is 5.82 Å². The zero-order chi connectivity index (χ0) is 18.4. The fourth-order valence-corrected chi connectivity index (χ4v) is 2.83. The Labute approximate surface area is 151 Å². The third-order valence-electron chi connectivity index (χ3n) is 4.20. The van der Waals surface area contributed by atoms with E-state index in [0.29, 0.717) is 19.7 Å². The number of halogens is 1. The molecule has 1 N–H and O–H groups in total. The summed E-state index contributed by atoms with van der Waals surface area (Å²) in [4.78, 5) is 18.2. The molecule has 0 spiro atoms. The lowest BCUT2D eigenvalue weighted by Gasteiger charge is -2.32. The van der Waals surface area contributed by atoms with Gasteiger partial charge >= 0.3 is 6.03 Å². The maximum Gasteiger partial charge on any atom is 0.322 e. The molecule has 1 atom stereocenters. The second-order valence-electron chi connectivity index (χ2n) is 6.08. The van der Waals surface area contributed by atoms with Gasteiger partial charge in [-0.05, 0) is 43.2 Å². The molecular formula is C19H19FN4O2. The summed E-state index contributed by atoms with van der Waals surface area (Å²) in [6.45, 7) is 1.43. The van der Waals surface area contributed by atoms with Gasteiger partial charge in [-0.15, -0.1) is 0 Å². The number of hydrogen-bond donors (Lipinski definition) is 1. The first kappa shape index (κ1) is 17.8. The Kier molecular flexibility index (Phi) is 5.77. The predicted molar refractivity (Wildman–Crippen MR) is 93.8 cm³/mol. The Morgan fingerprint density at radius 1 is 1.42 bits per heavy atom. The van der Waals surface area contributed by atoms with Gasteiger partial charge in [-0.3, -0.25) is 4.98 Å². The van der Waals surface area contributed by atoms with Gasteiger partial charge in [0.1, 0.15) is 5.82 Å². The molecule has 0 radical (unpaired) electrons. The summed E-state index contributed by atoms with van der Waals surface area (Å²) in [7, 11) is 0. The highest BCUT2D eigenvalue weighted by Crippen LogP contribution is 2.19. The van der Waals surface area contributed by atoms with E-state index in [1.807, 2.05) is 24.3 Å². The van der Waals surface area contributed by atoms with Crippen molar-refractivity contribution >= 4 is 11.7 Å². The van der Waals surface area contributed by atoms with E-state index in [-0.39, 0.29) is 23.4 Å². The highest BCUT2D eigenvalue weighted by Gasteiger charge is 2.25. The van der Waals surface area contributed by atoms with Crippen LogP contribution in [0.3, 0.4) is 0 Å². The molecule has 3 rings (SSSR count). The van der Waals surface area contributed by atoms with E-state index in [4.69, 9.17) is 10.00 Å². The van der Waals surface area contributed by atoms with Gasteiger partial charge < -0.3 is 15.0 Å². The van der Waals surface area contributed by atoms with Crippen LogP contribution in [0.5, 0.6) is 0 Å². The van der Waals surface area contributed by atoms with Gasteiger partial charge in [0.05, 0.1) is 35.7 Å². The minimum atomic E-state index is -0.627. The number of ether oxygens (including phenoxy) is 1. The lowest BCUT2D eigenvalue weighted by atomic mass is 10.1. The van der Waals surface area contributed by atoms with E-state index in [0.717, 1.165) is 24.6 Å². The van der Waals surface area contributed by atoms with Crippen molar-refractivity contribution in [3.05, 3.63) is 59.7 Å². The SMILES string of the molecule is N#Cc1ccc(NC(=O)N2CCC[C@H](OCc3ccccn3)C2)c(F)c1. The summed E-state index contributed by atoms with van der Waals surface area (Å²) in [6.07, 6.45) is 3.31. The smallest absolute Gasteiger partial charge is 0.322 e. The molecule has 1 aliphatic rings. The van der Waals surface area contributed by atoms with Gasteiger partial charge in [-0.25, -0.2) is 9.18 Å². The molecule has 1 saturated heterocycles. The molecule has 26 heavy (non-hydrogen) atoms. The maximum atomic E-state index is 13.9. The number of likely N-dealkylation sites (tertiary alicyclic amines) is 1. The summed E-state index contributed by atoms with van der Waals surface area (Å²) in [5.74, 6) is -0.627. The lowest BCUT2D eigenvalue weighted by Crippen LogP contribution is -2.45. The topological polar surface area (TPSA) is 78.2 Å². The minimum absolute atomic E-state index is 0.0607. The van der Waals surface area contributed by atoms with Crippen molar-refractivity contribution in [1.82, 2.24) is 9.88 Å². The lowest BCUT2D eigenvalue weighted by molar-refractivity contribution is -0.000330. The summed E-state index contributed by atoms with van der Waals surface area (Å²) >= 11 is 0. The molecule has 1 fully saturated rings.